The molecule has 0 bridgehead atoms. The maximum atomic E-state index is 14.0. The lowest BCUT2D eigenvalue weighted by Crippen LogP contribution is -2.53. The van der Waals surface area contributed by atoms with Crippen LogP contribution in [0.15, 0.2) is 83.8 Å². The third kappa shape index (κ3) is 7.66. The van der Waals surface area contributed by atoms with Crippen LogP contribution in [0.1, 0.15) is 44.7 Å². The van der Waals surface area contributed by atoms with E-state index in [1.165, 1.54) is 29.2 Å². The molecule has 3 aromatic carbocycles. The van der Waals surface area contributed by atoms with E-state index in [0.717, 1.165) is 34.0 Å². The van der Waals surface area contributed by atoms with E-state index in [0.29, 0.717) is 6.42 Å². The van der Waals surface area contributed by atoms with E-state index in [1.807, 2.05) is 58.0 Å². The molecule has 7 nitrogen and oxygen atoms in total. The SMILES string of the molecule is CC[C@@H](C)NC(=O)[C@H](CC)N(Cc1ccccc1)C(=O)CN(c1ccc(F)cc1)S(=O)(=O)c1ccc(C)cc1. The minimum absolute atomic E-state index is 0.00129. The summed E-state index contributed by atoms with van der Waals surface area (Å²) < 4.78 is 42.3. The highest BCUT2D eigenvalue weighted by Gasteiger charge is 2.34. The van der Waals surface area contributed by atoms with E-state index in [2.05, 4.69) is 5.32 Å². The largest absolute Gasteiger partial charge is 0.352 e. The summed E-state index contributed by atoms with van der Waals surface area (Å²) in [4.78, 5) is 28.6. The Balaban J connectivity index is 2.04. The Hall–Kier alpha value is -3.72. The molecule has 0 heterocycles. The van der Waals surface area contributed by atoms with Crippen LogP contribution in [0.25, 0.3) is 0 Å². The Kier molecular flexibility index (Phi) is 10.2. The van der Waals surface area contributed by atoms with Crippen LogP contribution < -0.4 is 9.62 Å². The molecule has 1 N–H and O–H groups in total. The number of hydrogen-bond acceptors (Lipinski definition) is 4. The second-order valence-electron chi connectivity index (χ2n) is 9.55. The van der Waals surface area contributed by atoms with Gasteiger partial charge in [-0.3, -0.25) is 13.9 Å². The van der Waals surface area contributed by atoms with Gasteiger partial charge >= 0.3 is 0 Å². The maximum absolute atomic E-state index is 14.0. The van der Waals surface area contributed by atoms with Gasteiger partial charge in [0.25, 0.3) is 10.0 Å². The van der Waals surface area contributed by atoms with E-state index in [-0.39, 0.29) is 29.1 Å². The molecule has 0 aliphatic heterocycles. The van der Waals surface area contributed by atoms with Gasteiger partial charge in [-0.2, -0.15) is 0 Å². The lowest BCUT2D eigenvalue weighted by Gasteiger charge is -2.33. The third-order valence-corrected chi connectivity index (χ3v) is 8.37. The average Bonchev–Trinajstić information content (AvgIpc) is 2.92. The zero-order valence-corrected chi connectivity index (χ0v) is 23.6. The third-order valence-electron chi connectivity index (χ3n) is 6.59. The quantitative estimate of drug-likeness (QED) is 0.340. The normalized spacial score (nSPS) is 12.8. The zero-order valence-electron chi connectivity index (χ0n) is 22.8. The van der Waals surface area contributed by atoms with Crippen LogP contribution >= 0.6 is 0 Å². The summed E-state index contributed by atoms with van der Waals surface area (Å²) >= 11 is 0. The number of carbonyl (C=O) groups excluding carboxylic acids is 2. The highest BCUT2D eigenvalue weighted by atomic mass is 32.2. The molecule has 39 heavy (non-hydrogen) atoms. The molecule has 0 aliphatic rings. The van der Waals surface area contributed by atoms with Crippen molar-refractivity contribution in [3.63, 3.8) is 0 Å². The molecular weight excluding hydrogens is 517 g/mol. The lowest BCUT2D eigenvalue weighted by molar-refractivity contribution is -0.140. The van der Waals surface area contributed by atoms with Crippen molar-refractivity contribution in [2.75, 3.05) is 10.8 Å². The first-order valence-electron chi connectivity index (χ1n) is 13.1. The highest BCUT2D eigenvalue weighted by molar-refractivity contribution is 7.92. The number of rotatable bonds is 12. The van der Waals surface area contributed by atoms with Gasteiger partial charge in [0.15, 0.2) is 0 Å². The van der Waals surface area contributed by atoms with Crippen molar-refractivity contribution in [3.05, 3.63) is 95.8 Å². The smallest absolute Gasteiger partial charge is 0.264 e. The fraction of sp³-hybridized carbons (Fsp3) is 0.333. The Labute approximate surface area is 230 Å². The van der Waals surface area contributed by atoms with Crippen LogP contribution in [-0.2, 0) is 26.2 Å². The van der Waals surface area contributed by atoms with E-state index in [1.54, 1.807) is 12.1 Å². The van der Waals surface area contributed by atoms with Crippen molar-refractivity contribution < 1.29 is 22.4 Å². The number of amides is 2. The van der Waals surface area contributed by atoms with Gasteiger partial charge in [0.05, 0.1) is 10.6 Å². The zero-order chi connectivity index (χ0) is 28.6. The summed E-state index contributed by atoms with van der Waals surface area (Å²) in [6.07, 6.45) is 1.06. The van der Waals surface area contributed by atoms with Crippen LogP contribution in [0, 0.1) is 12.7 Å². The summed E-state index contributed by atoms with van der Waals surface area (Å²) in [5.41, 5.74) is 1.82. The Morgan fingerprint density at radius 1 is 0.897 bits per heavy atom. The van der Waals surface area contributed by atoms with Crippen molar-refractivity contribution >= 4 is 27.5 Å². The molecule has 0 radical (unpaired) electrons. The number of halogens is 1. The molecule has 9 heteroatoms. The number of nitrogens with zero attached hydrogens (tertiary/aromatic N) is 2. The van der Waals surface area contributed by atoms with Gasteiger partial charge < -0.3 is 10.2 Å². The predicted molar refractivity (Wildman–Crippen MR) is 151 cm³/mol. The standard InChI is InChI=1S/C30H36FN3O4S/c1-5-23(4)32-30(36)28(6-2)33(20-24-10-8-7-9-11-24)29(35)21-34(26-16-14-25(31)15-17-26)39(37,38)27-18-12-22(3)13-19-27/h7-19,23,28H,5-6,20-21H2,1-4H3,(H,32,36)/t23-,28+/m1/s1. The monoisotopic (exact) mass is 553 g/mol. The van der Waals surface area contributed by atoms with Crippen LogP contribution in [0.3, 0.4) is 0 Å². The molecule has 208 valence electrons. The van der Waals surface area contributed by atoms with Crippen molar-refractivity contribution in [2.45, 2.75) is 64.1 Å². The van der Waals surface area contributed by atoms with Crippen LogP contribution in [0.2, 0.25) is 0 Å². The number of benzene rings is 3. The number of anilines is 1. The predicted octanol–water partition coefficient (Wildman–Crippen LogP) is 5.05. The van der Waals surface area contributed by atoms with Crippen LogP contribution in [0.5, 0.6) is 0 Å². The summed E-state index contributed by atoms with van der Waals surface area (Å²) in [5, 5.41) is 2.95. The first-order valence-corrected chi connectivity index (χ1v) is 14.5. The number of hydrogen-bond donors (Lipinski definition) is 1. The van der Waals surface area contributed by atoms with Crippen LogP contribution in [-0.4, -0.2) is 43.8 Å². The van der Waals surface area contributed by atoms with E-state index >= 15 is 0 Å². The minimum atomic E-state index is -4.20. The first-order chi connectivity index (χ1) is 18.6. The minimum Gasteiger partial charge on any atom is -0.352 e. The molecule has 0 fully saturated rings. The molecule has 2 atom stereocenters. The molecule has 3 aromatic rings. The average molecular weight is 554 g/mol. The van der Waals surface area contributed by atoms with Crippen molar-refractivity contribution in [1.29, 1.82) is 0 Å². The lowest BCUT2D eigenvalue weighted by atomic mass is 10.1. The van der Waals surface area contributed by atoms with Gasteiger partial charge in [-0.25, -0.2) is 12.8 Å². The molecule has 0 saturated heterocycles. The molecule has 3 rings (SSSR count). The molecule has 0 aliphatic carbocycles. The fourth-order valence-corrected chi connectivity index (χ4v) is 5.53. The number of carbonyl (C=O) groups is 2. The topological polar surface area (TPSA) is 86.8 Å². The number of aryl methyl sites for hydroxylation is 1. The van der Waals surface area contributed by atoms with E-state index < -0.39 is 34.3 Å². The molecule has 0 saturated carbocycles. The van der Waals surface area contributed by atoms with E-state index in [4.69, 9.17) is 0 Å². The maximum Gasteiger partial charge on any atom is 0.264 e. The van der Waals surface area contributed by atoms with Gasteiger partial charge in [-0.1, -0.05) is 61.9 Å². The van der Waals surface area contributed by atoms with Gasteiger partial charge in [0.2, 0.25) is 11.8 Å². The Morgan fingerprint density at radius 2 is 1.51 bits per heavy atom. The van der Waals surface area contributed by atoms with Crippen molar-refractivity contribution in [1.82, 2.24) is 10.2 Å². The summed E-state index contributed by atoms with van der Waals surface area (Å²) in [6.45, 7) is 7.05. The van der Waals surface area contributed by atoms with Crippen LogP contribution in [0.4, 0.5) is 10.1 Å². The summed E-state index contributed by atoms with van der Waals surface area (Å²) in [6, 6.07) is 19.6. The second-order valence-corrected chi connectivity index (χ2v) is 11.4. The summed E-state index contributed by atoms with van der Waals surface area (Å²) in [7, 11) is -4.20. The number of nitrogens with one attached hydrogen (secondary N) is 1. The van der Waals surface area contributed by atoms with Gasteiger partial charge in [0.1, 0.15) is 18.4 Å². The van der Waals surface area contributed by atoms with Gasteiger partial charge in [0, 0.05) is 12.6 Å². The molecule has 0 unspecified atom stereocenters. The fourth-order valence-electron chi connectivity index (χ4n) is 4.11. The highest BCUT2D eigenvalue weighted by Crippen LogP contribution is 2.25. The summed E-state index contributed by atoms with van der Waals surface area (Å²) in [5.74, 6) is -1.38. The molecule has 2 amide bonds. The van der Waals surface area contributed by atoms with Gasteiger partial charge in [-0.15, -0.1) is 0 Å². The molecule has 0 spiro atoms. The number of sulfonamides is 1. The van der Waals surface area contributed by atoms with Gasteiger partial charge in [-0.05, 0) is 68.7 Å². The van der Waals surface area contributed by atoms with Crippen molar-refractivity contribution in [3.8, 4) is 0 Å². The second kappa shape index (κ2) is 13.4. The van der Waals surface area contributed by atoms with Crippen molar-refractivity contribution in [2.24, 2.45) is 0 Å². The molecular formula is C30H36FN3O4S. The Bertz CT molecular complexity index is 1350. The Morgan fingerprint density at radius 3 is 2.08 bits per heavy atom. The van der Waals surface area contributed by atoms with E-state index in [9.17, 15) is 22.4 Å². The molecule has 0 aromatic heterocycles. The first kappa shape index (κ1) is 29.8.